The molecule has 2 saturated heterocycles. The van der Waals surface area contributed by atoms with Gasteiger partial charge in [0.2, 0.25) is 0 Å². The van der Waals surface area contributed by atoms with Crippen LogP contribution in [0.15, 0.2) is 0 Å². The molecule has 2 rings (SSSR count). The molecule has 0 atom stereocenters. The standard InChI is InChI=1S/C9H15O2S2/c1-7(9-12-5-6-13-9)8-10-3-2-4-11-8/h8-9H,2-6H2,1H3. The minimum Gasteiger partial charge on any atom is -0.352 e. The van der Waals surface area contributed by atoms with Crippen molar-refractivity contribution in [2.75, 3.05) is 24.7 Å². The van der Waals surface area contributed by atoms with E-state index in [-0.39, 0.29) is 6.29 Å². The lowest BCUT2D eigenvalue weighted by molar-refractivity contribution is -0.167. The average molecular weight is 219 g/mol. The molecule has 0 unspecified atom stereocenters. The summed E-state index contributed by atoms with van der Waals surface area (Å²) in [5, 5.41) is 0. The molecule has 4 heteroatoms. The zero-order valence-electron chi connectivity index (χ0n) is 7.82. The fourth-order valence-corrected chi connectivity index (χ4v) is 4.39. The molecule has 75 valence electrons. The maximum atomic E-state index is 5.57. The molecule has 2 nitrogen and oxygen atoms in total. The fourth-order valence-electron chi connectivity index (χ4n) is 1.48. The Morgan fingerprint density at radius 3 is 2.38 bits per heavy atom. The number of hydrogen-bond acceptors (Lipinski definition) is 4. The molecule has 2 heterocycles. The third kappa shape index (κ3) is 2.55. The Balaban J connectivity index is 1.83. The second-order valence-electron chi connectivity index (χ2n) is 3.24. The quantitative estimate of drug-likeness (QED) is 0.708. The third-order valence-corrected chi connectivity index (χ3v) is 5.50. The highest BCUT2D eigenvalue weighted by Gasteiger charge is 2.32. The summed E-state index contributed by atoms with van der Waals surface area (Å²) in [6.45, 7) is 3.86. The first kappa shape index (κ1) is 10.1. The van der Waals surface area contributed by atoms with Gasteiger partial charge in [0.05, 0.1) is 23.7 Å². The Kier molecular flexibility index (Phi) is 3.84. The van der Waals surface area contributed by atoms with Gasteiger partial charge in [-0.15, -0.1) is 23.5 Å². The topological polar surface area (TPSA) is 18.5 Å². The van der Waals surface area contributed by atoms with Gasteiger partial charge in [-0.05, 0) is 6.42 Å². The van der Waals surface area contributed by atoms with Crippen molar-refractivity contribution in [3.8, 4) is 0 Å². The van der Waals surface area contributed by atoms with E-state index in [1.54, 1.807) is 0 Å². The summed E-state index contributed by atoms with van der Waals surface area (Å²) < 4.78 is 11.7. The summed E-state index contributed by atoms with van der Waals surface area (Å²) in [5.74, 6) is 3.88. The number of ether oxygens (including phenoxy) is 2. The van der Waals surface area contributed by atoms with Crippen molar-refractivity contribution in [1.29, 1.82) is 0 Å². The summed E-state index contributed by atoms with van der Waals surface area (Å²) in [5.41, 5.74) is 0. The molecule has 0 aromatic heterocycles. The van der Waals surface area contributed by atoms with E-state index in [4.69, 9.17) is 9.47 Å². The van der Waals surface area contributed by atoms with Crippen molar-refractivity contribution in [2.45, 2.75) is 24.2 Å². The van der Waals surface area contributed by atoms with E-state index in [1.165, 1.54) is 17.4 Å². The first-order valence-electron chi connectivity index (χ1n) is 4.67. The lowest BCUT2D eigenvalue weighted by Crippen LogP contribution is -2.33. The van der Waals surface area contributed by atoms with E-state index in [2.05, 4.69) is 6.92 Å². The first-order chi connectivity index (χ1) is 6.38. The largest absolute Gasteiger partial charge is 0.352 e. The summed E-state index contributed by atoms with van der Waals surface area (Å²) in [6, 6.07) is 0. The lowest BCUT2D eigenvalue weighted by atomic mass is 10.2. The van der Waals surface area contributed by atoms with Gasteiger partial charge in [0.25, 0.3) is 0 Å². The molecule has 2 fully saturated rings. The highest BCUT2D eigenvalue weighted by atomic mass is 32.2. The molecule has 0 spiro atoms. The molecule has 0 aromatic rings. The van der Waals surface area contributed by atoms with E-state index >= 15 is 0 Å². The van der Waals surface area contributed by atoms with Crippen LogP contribution in [0.25, 0.3) is 0 Å². The summed E-state index contributed by atoms with van der Waals surface area (Å²) in [4.78, 5) is 0. The van der Waals surface area contributed by atoms with Crippen molar-refractivity contribution < 1.29 is 9.47 Å². The molecule has 0 N–H and O–H groups in total. The minimum atomic E-state index is -0.0307. The molecule has 0 aromatic carbocycles. The highest BCUT2D eigenvalue weighted by Crippen LogP contribution is 2.40. The van der Waals surface area contributed by atoms with E-state index in [9.17, 15) is 0 Å². The Hall–Kier alpha value is 0.620. The first-order valence-corrected chi connectivity index (χ1v) is 6.77. The van der Waals surface area contributed by atoms with Crippen LogP contribution >= 0.6 is 23.5 Å². The molecule has 0 amide bonds. The van der Waals surface area contributed by atoms with Crippen LogP contribution in [-0.4, -0.2) is 35.6 Å². The Morgan fingerprint density at radius 2 is 1.77 bits per heavy atom. The van der Waals surface area contributed by atoms with E-state index in [0.717, 1.165) is 19.6 Å². The molecule has 0 saturated carbocycles. The van der Waals surface area contributed by atoms with Gasteiger partial charge >= 0.3 is 0 Å². The molecular formula is C9H15O2S2. The van der Waals surface area contributed by atoms with Gasteiger partial charge in [-0.2, -0.15) is 0 Å². The molecule has 1 radical (unpaired) electrons. The second-order valence-corrected chi connectivity index (χ2v) is 5.97. The van der Waals surface area contributed by atoms with E-state index < -0.39 is 0 Å². The molecule has 2 aliphatic heterocycles. The molecule has 2 aliphatic rings. The predicted octanol–water partition coefficient (Wildman–Crippen LogP) is 2.15. The maximum absolute atomic E-state index is 5.57. The van der Waals surface area contributed by atoms with Crippen LogP contribution in [0.4, 0.5) is 0 Å². The molecule has 13 heavy (non-hydrogen) atoms. The van der Waals surface area contributed by atoms with Gasteiger partial charge in [-0.1, -0.05) is 6.92 Å². The normalized spacial score (nSPS) is 27.2. The van der Waals surface area contributed by atoms with Crippen LogP contribution in [0, 0.1) is 5.92 Å². The Bertz CT molecular complexity index is 154. The maximum Gasteiger partial charge on any atom is 0.165 e. The monoisotopic (exact) mass is 219 g/mol. The van der Waals surface area contributed by atoms with Gasteiger partial charge in [0.15, 0.2) is 6.29 Å². The zero-order chi connectivity index (χ0) is 9.10. The van der Waals surface area contributed by atoms with Crippen LogP contribution in [-0.2, 0) is 9.47 Å². The van der Waals surface area contributed by atoms with Crippen molar-refractivity contribution in [3.05, 3.63) is 5.92 Å². The molecule has 0 aliphatic carbocycles. The van der Waals surface area contributed by atoms with Gasteiger partial charge in [0, 0.05) is 11.5 Å². The van der Waals surface area contributed by atoms with Gasteiger partial charge in [0.1, 0.15) is 0 Å². The van der Waals surface area contributed by atoms with Crippen LogP contribution < -0.4 is 0 Å². The lowest BCUT2D eigenvalue weighted by Gasteiger charge is -2.30. The SMILES string of the molecule is C[C](C1OCCCO1)C1SCCS1. The molecular weight excluding hydrogens is 204 g/mol. The predicted molar refractivity (Wildman–Crippen MR) is 57.9 cm³/mol. The molecule has 0 bridgehead atoms. The van der Waals surface area contributed by atoms with Gasteiger partial charge in [-0.25, -0.2) is 0 Å². The van der Waals surface area contributed by atoms with E-state index in [0.29, 0.717) is 4.58 Å². The number of thioether (sulfide) groups is 2. The smallest absolute Gasteiger partial charge is 0.165 e. The van der Waals surface area contributed by atoms with E-state index in [1.807, 2.05) is 23.5 Å². The van der Waals surface area contributed by atoms with Crippen molar-refractivity contribution in [3.63, 3.8) is 0 Å². The van der Waals surface area contributed by atoms with Crippen molar-refractivity contribution >= 4 is 23.5 Å². The van der Waals surface area contributed by atoms with Crippen LogP contribution in [0.5, 0.6) is 0 Å². The van der Waals surface area contributed by atoms with Gasteiger partial charge in [-0.3, -0.25) is 0 Å². The minimum absolute atomic E-state index is 0.0307. The zero-order valence-corrected chi connectivity index (χ0v) is 9.46. The number of hydrogen-bond donors (Lipinski definition) is 0. The fraction of sp³-hybridized carbons (Fsp3) is 0.889. The van der Waals surface area contributed by atoms with Crippen LogP contribution in [0.2, 0.25) is 0 Å². The summed E-state index contributed by atoms with van der Waals surface area (Å²) in [6.07, 6.45) is 1.01. The van der Waals surface area contributed by atoms with Gasteiger partial charge < -0.3 is 9.47 Å². The van der Waals surface area contributed by atoms with Crippen LogP contribution in [0.1, 0.15) is 13.3 Å². The average Bonchev–Trinajstić information content (AvgIpc) is 2.71. The second kappa shape index (κ2) is 4.91. The van der Waals surface area contributed by atoms with Crippen molar-refractivity contribution in [2.24, 2.45) is 0 Å². The highest BCUT2D eigenvalue weighted by molar-refractivity contribution is 8.20. The number of rotatable bonds is 2. The summed E-state index contributed by atoms with van der Waals surface area (Å²) >= 11 is 4.02. The van der Waals surface area contributed by atoms with Crippen molar-refractivity contribution in [1.82, 2.24) is 0 Å². The van der Waals surface area contributed by atoms with Crippen LogP contribution in [0.3, 0.4) is 0 Å². The summed E-state index contributed by atoms with van der Waals surface area (Å²) in [7, 11) is 0. The Morgan fingerprint density at radius 1 is 1.15 bits per heavy atom. The third-order valence-electron chi connectivity index (χ3n) is 2.19. The Labute approximate surface area is 88.1 Å².